The number of aryl methyl sites for hydroxylation is 1. The Labute approximate surface area is 78.2 Å². The van der Waals surface area contributed by atoms with E-state index in [1.165, 1.54) is 6.07 Å². The van der Waals surface area contributed by atoms with Crippen LogP contribution in [0, 0.1) is 19.7 Å². The van der Waals surface area contributed by atoms with Gasteiger partial charge in [0, 0.05) is 0 Å². The van der Waals surface area contributed by atoms with Crippen LogP contribution in [0.25, 0.3) is 0 Å². The highest BCUT2D eigenvalue weighted by Gasteiger charge is 2.20. The van der Waals surface area contributed by atoms with E-state index in [2.05, 4.69) is 0 Å². The smallest absolute Gasteiger partial charge is 0.126 e. The van der Waals surface area contributed by atoms with E-state index in [1.54, 1.807) is 20.8 Å². The summed E-state index contributed by atoms with van der Waals surface area (Å²) in [6, 6.07) is 3.29. The summed E-state index contributed by atoms with van der Waals surface area (Å²) in [5.41, 5.74) is 1.04. The van der Waals surface area contributed by atoms with E-state index in [9.17, 15) is 9.50 Å². The standard InChI is InChI=1S/C11H15FO/c1-7-5-9(11(3,4)13)8(2)10(12)6-7/h5-6,13H,1-4H3. The molecule has 0 heterocycles. The molecular weight excluding hydrogens is 167 g/mol. The van der Waals surface area contributed by atoms with Crippen molar-refractivity contribution in [3.8, 4) is 0 Å². The predicted molar refractivity (Wildman–Crippen MR) is 51.1 cm³/mol. The minimum Gasteiger partial charge on any atom is -0.386 e. The van der Waals surface area contributed by atoms with Gasteiger partial charge in [0.25, 0.3) is 0 Å². The van der Waals surface area contributed by atoms with Crippen LogP contribution in [0.4, 0.5) is 4.39 Å². The van der Waals surface area contributed by atoms with Crippen LogP contribution in [-0.2, 0) is 5.60 Å². The summed E-state index contributed by atoms with van der Waals surface area (Å²) in [6.45, 7) is 6.82. The fourth-order valence-corrected chi connectivity index (χ4v) is 1.45. The van der Waals surface area contributed by atoms with Crippen LogP contribution in [-0.4, -0.2) is 5.11 Å². The second kappa shape index (κ2) is 3.11. The molecular formula is C11H15FO. The summed E-state index contributed by atoms with van der Waals surface area (Å²) < 4.78 is 13.3. The van der Waals surface area contributed by atoms with Gasteiger partial charge in [-0.25, -0.2) is 4.39 Å². The van der Waals surface area contributed by atoms with Crippen molar-refractivity contribution in [1.29, 1.82) is 0 Å². The maximum Gasteiger partial charge on any atom is 0.126 e. The van der Waals surface area contributed by atoms with Crippen molar-refractivity contribution in [2.24, 2.45) is 0 Å². The van der Waals surface area contributed by atoms with E-state index in [4.69, 9.17) is 0 Å². The molecule has 0 bridgehead atoms. The van der Waals surface area contributed by atoms with Gasteiger partial charge in [-0.1, -0.05) is 6.07 Å². The quantitative estimate of drug-likeness (QED) is 0.708. The first-order chi connectivity index (χ1) is 5.82. The molecule has 1 rings (SSSR count). The molecule has 13 heavy (non-hydrogen) atoms. The van der Waals surface area contributed by atoms with Gasteiger partial charge >= 0.3 is 0 Å². The van der Waals surface area contributed by atoms with Crippen molar-refractivity contribution >= 4 is 0 Å². The second-order valence-corrected chi connectivity index (χ2v) is 3.98. The maximum atomic E-state index is 13.3. The van der Waals surface area contributed by atoms with Crippen LogP contribution in [0.2, 0.25) is 0 Å². The van der Waals surface area contributed by atoms with Crippen LogP contribution in [0.3, 0.4) is 0 Å². The Morgan fingerprint density at radius 1 is 1.23 bits per heavy atom. The zero-order chi connectivity index (χ0) is 10.2. The highest BCUT2D eigenvalue weighted by Crippen LogP contribution is 2.26. The fraction of sp³-hybridized carbons (Fsp3) is 0.455. The van der Waals surface area contributed by atoms with Crippen molar-refractivity contribution in [3.05, 3.63) is 34.6 Å². The third kappa shape index (κ3) is 2.07. The number of hydrogen-bond acceptors (Lipinski definition) is 1. The van der Waals surface area contributed by atoms with Crippen LogP contribution >= 0.6 is 0 Å². The number of halogens is 1. The molecule has 0 atom stereocenters. The van der Waals surface area contributed by atoms with Crippen LogP contribution in [0.15, 0.2) is 12.1 Å². The molecule has 0 saturated carbocycles. The van der Waals surface area contributed by atoms with E-state index >= 15 is 0 Å². The lowest BCUT2D eigenvalue weighted by atomic mass is 9.92. The average Bonchev–Trinajstić information content (AvgIpc) is 1.94. The van der Waals surface area contributed by atoms with Crippen molar-refractivity contribution in [2.75, 3.05) is 0 Å². The number of aliphatic hydroxyl groups is 1. The monoisotopic (exact) mass is 182 g/mol. The molecule has 0 unspecified atom stereocenters. The van der Waals surface area contributed by atoms with Gasteiger partial charge in [-0.2, -0.15) is 0 Å². The molecule has 2 heteroatoms. The van der Waals surface area contributed by atoms with Gasteiger partial charge in [0.15, 0.2) is 0 Å². The SMILES string of the molecule is Cc1cc(F)c(C)c(C(C)(C)O)c1. The zero-order valence-corrected chi connectivity index (χ0v) is 8.48. The Kier molecular flexibility index (Phi) is 2.44. The molecule has 0 spiro atoms. The maximum absolute atomic E-state index is 13.3. The number of hydrogen-bond donors (Lipinski definition) is 1. The summed E-state index contributed by atoms with van der Waals surface area (Å²) in [7, 11) is 0. The van der Waals surface area contributed by atoms with Gasteiger partial charge in [-0.3, -0.25) is 0 Å². The van der Waals surface area contributed by atoms with Crippen LogP contribution in [0.1, 0.15) is 30.5 Å². The number of rotatable bonds is 1. The molecule has 0 amide bonds. The Bertz CT molecular complexity index is 324. The highest BCUT2D eigenvalue weighted by molar-refractivity contribution is 5.35. The molecule has 0 fully saturated rings. The number of benzene rings is 1. The van der Waals surface area contributed by atoms with Crippen molar-refractivity contribution in [2.45, 2.75) is 33.3 Å². The minimum atomic E-state index is -0.975. The van der Waals surface area contributed by atoms with Gasteiger partial charge in [-0.05, 0) is 50.5 Å². The molecule has 72 valence electrons. The second-order valence-electron chi connectivity index (χ2n) is 3.98. The Balaban J connectivity index is 3.37. The lowest BCUT2D eigenvalue weighted by molar-refractivity contribution is 0.0774. The summed E-state index contributed by atoms with van der Waals surface area (Å²) >= 11 is 0. The minimum absolute atomic E-state index is 0.253. The summed E-state index contributed by atoms with van der Waals surface area (Å²) in [5.74, 6) is -0.253. The van der Waals surface area contributed by atoms with E-state index in [-0.39, 0.29) is 5.82 Å². The molecule has 0 aliphatic rings. The average molecular weight is 182 g/mol. The molecule has 1 nitrogen and oxygen atoms in total. The Morgan fingerprint density at radius 2 is 1.77 bits per heavy atom. The highest BCUT2D eigenvalue weighted by atomic mass is 19.1. The van der Waals surface area contributed by atoms with Crippen LogP contribution in [0.5, 0.6) is 0 Å². The summed E-state index contributed by atoms with van der Waals surface area (Å²) in [6.07, 6.45) is 0. The largest absolute Gasteiger partial charge is 0.386 e. The van der Waals surface area contributed by atoms with Gasteiger partial charge in [0.1, 0.15) is 5.82 Å². The van der Waals surface area contributed by atoms with Crippen LogP contribution < -0.4 is 0 Å². The first kappa shape index (κ1) is 10.2. The molecule has 0 aliphatic heterocycles. The molecule has 0 aromatic heterocycles. The fourth-order valence-electron chi connectivity index (χ4n) is 1.45. The molecule has 0 saturated heterocycles. The van der Waals surface area contributed by atoms with Crippen molar-refractivity contribution < 1.29 is 9.50 Å². The van der Waals surface area contributed by atoms with Crippen molar-refractivity contribution in [1.82, 2.24) is 0 Å². The van der Waals surface area contributed by atoms with E-state index < -0.39 is 5.60 Å². The lowest BCUT2D eigenvalue weighted by Gasteiger charge is -2.21. The van der Waals surface area contributed by atoms with Gasteiger partial charge < -0.3 is 5.11 Å². The lowest BCUT2D eigenvalue weighted by Crippen LogP contribution is -2.18. The third-order valence-corrected chi connectivity index (χ3v) is 2.15. The van der Waals surface area contributed by atoms with Gasteiger partial charge in [-0.15, -0.1) is 0 Å². The molecule has 1 aromatic carbocycles. The van der Waals surface area contributed by atoms with Gasteiger partial charge in [0.2, 0.25) is 0 Å². The third-order valence-electron chi connectivity index (χ3n) is 2.15. The predicted octanol–water partition coefficient (Wildman–Crippen LogP) is 2.67. The topological polar surface area (TPSA) is 20.2 Å². The zero-order valence-electron chi connectivity index (χ0n) is 8.48. The van der Waals surface area contributed by atoms with E-state index in [1.807, 2.05) is 13.0 Å². The Morgan fingerprint density at radius 3 is 2.23 bits per heavy atom. The van der Waals surface area contributed by atoms with Crippen molar-refractivity contribution in [3.63, 3.8) is 0 Å². The molecule has 0 radical (unpaired) electrons. The molecule has 0 aliphatic carbocycles. The first-order valence-electron chi connectivity index (χ1n) is 4.32. The summed E-state index contributed by atoms with van der Waals surface area (Å²) in [5, 5.41) is 9.75. The first-order valence-corrected chi connectivity index (χ1v) is 4.32. The molecule has 1 N–H and O–H groups in total. The van der Waals surface area contributed by atoms with E-state index in [0.29, 0.717) is 11.1 Å². The van der Waals surface area contributed by atoms with E-state index in [0.717, 1.165) is 5.56 Å². The molecule has 1 aromatic rings. The summed E-state index contributed by atoms with van der Waals surface area (Å²) in [4.78, 5) is 0. The normalized spacial score (nSPS) is 11.8. The Hall–Kier alpha value is -0.890. The van der Waals surface area contributed by atoms with Gasteiger partial charge in [0.05, 0.1) is 5.60 Å².